The molecule has 0 spiro atoms. The van der Waals surface area contributed by atoms with Crippen molar-refractivity contribution in [2.24, 2.45) is 0 Å². The van der Waals surface area contributed by atoms with Crippen molar-refractivity contribution in [1.29, 1.82) is 0 Å². The molecule has 1 aromatic rings. The van der Waals surface area contributed by atoms with Crippen LogP contribution < -0.4 is 0 Å². The van der Waals surface area contributed by atoms with Gasteiger partial charge in [-0.25, -0.2) is 4.79 Å². The topological polar surface area (TPSA) is 73.9 Å². The van der Waals surface area contributed by atoms with E-state index in [2.05, 4.69) is 4.90 Å². The summed E-state index contributed by atoms with van der Waals surface area (Å²) in [5.74, 6) is -0.348. The molecule has 0 amide bonds. The Balaban J connectivity index is 2.10. The van der Waals surface area contributed by atoms with E-state index in [0.717, 1.165) is 25.8 Å². The summed E-state index contributed by atoms with van der Waals surface area (Å²) in [5.41, 5.74) is 0.651. The van der Waals surface area contributed by atoms with E-state index in [9.17, 15) is 9.90 Å². The summed E-state index contributed by atoms with van der Waals surface area (Å²) in [5, 5.41) is 18.4. The molecule has 1 aromatic heterocycles. The van der Waals surface area contributed by atoms with Gasteiger partial charge < -0.3 is 14.6 Å². The quantitative estimate of drug-likeness (QED) is 0.873. The molecule has 0 radical (unpaired) electrons. The van der Waals surface area contributed by atoms with Gasteiger partial charge in [0.2, 0.25) is 5.76 Å². The minimum atomic E-state index is -1.03. The average Bonchev–Trinajstić information content (AvgIpc) is 2.59. The predicted molar refractivity (Wildman–Crippen MR) is 70.2 cm³/mol. The number of hydrogen-bond acceptors (Lipinski definition) is 4. The third-order valence-corrected chi connectivity index (χ3v) is 3.73. The molecule has 2 heterocycles. The summed E-state index contributed by atoms with van der Waals surface area (Å²) < 4.78 is 5.39. The third kappa shape index (κ3) is 3.36. The second kappa shape index (κ2) is 6.21. The Morgan fingerprint density at radius 2 is 2.26 bits per heavy atom. The van der Waals surface area contributed by atoms with Crippen molar-refractivity contribution in [3.63, 3.8) is 0 Å². The first kappa shape index (κ1) is 14.1. The van der Waals surface area contributed by atoms with E-state index in [1.54, 1.807) is 13.0 Å². The van der Waals surface area contributed by atoms with Gasteiger partial charge in [0.1, 0.15) is 5.76 Å². The number of carbonyl (C=O) groups is 1. The molecule has 1 aliphatic rings. The SMILES string of the molecule is Cc1cc(CN2CCCCCC2CO)oc1C(=O)O. The van der Waals surface area contributed by atoms with Gasteiger partial charge >= 0.3 is 5.97 Å². The molecule has 0 saturated carbocycles. The maximum Gasteiger partial charge on any atom is 0.372 e. The molecule has 2 rings (SSSR count). The number of aromatic carboxylic acids is 1. The fourth-order valence-corrected chi connectivity index (χ4v) is 2.69. The van der Waals surface area contributed by atoms with Crippen molar-refractivity contribution in [3.05, 3.63) is 23.2 Å². The van der Waals surface area contributed by atoms with Gasteiger partial charge in [0.25, 0.3) is 0 Å². The minimum Gasteiger partial charge on any atom is -0.475 e. The number of carboxylic acids is 1. The van der Waals surface area contributed by atoms with E-state index < -0.39 is 5.97 Å². The lowest BCUT2D eigenvalue weighted by molar-refractivity contribution is 0.0652. The van der Waals surface area contributed by atoms with Crippen molar-refractivity contribution in [3.8, 4) is 0 Å². The number of aryl methyl sites for hydroxylation is 1. The summed E-state index contributed by atoms with van der Waals surface area (Å²) in [6.07, 6.45) is 4.42. The normalized spacial score (nSPS) is 21.3. The number of aliphatic hydroxyl groups is 1. The molecule has 1 saturated heterocycles. The lowest BCUT2D eigenvalue weighted by Gasteiger charge is -2.27. The van der Waals surface area contributed by atoms with Crippen LogP contribution >= 0.6 is 0 Å². The first-order chi connectivity index (χ1) is 9.11. The highest BCUT2D eigenvalue weighted by molar-refractivity contribution is 5.86. The summed E-state index contributed by atoms with van der Waals surface area (Å²) in [6.45, 7) is 3.38. The molecule has 106 valence electrons. The van der Waals surface area contributed by atoms with E-state index >= 15 is 0 Å². The molecule has 5 heteroatoms. The van der Waals surface area contributed by atoms with Crippen LogP contribution in [-0.4, -0.2) is 40.3 Å². The van der Waals surface area contributed by atoms with E-state index in [0.29, 0.717) is 17.9 Å². The largest absolute Gasteiger partial charge is 0.475 e. The van der Waals surface area contributed by atoms with E-state index in [1.807, 2.05) is 0 Å². The zero-order chi connectivity index (χ0) is 13.8. The van der Waals surface area contributed by atoms with Crippen LogP contribution in [-0.2, 0) is 6.54 Å². The Kier molecular flexibility index (Phi) is 4.61. The van der Waals surface area contributed by atoms with Gasteiger partial charge in [-0.05, 0) is 32.4 Å². The molecule has 0 aliphatic carbocycles. The van der Waals surface area contributed by atoms with Crippen LogP contribution in [0.1, 0.15) is 47.6 Å². The second-order valence-corrected chi connectivity index (χ2v) is 5.19. The van der Waals surface area contributed by atoms with Crippen LogP contribution in [0.3, 0.4) is 0 Å². The van der Waals surface area contributed by atoms with Crippen LogP contribution in [0.5, 0.6) is 0 Å². The van der Waals surface area contributed by atoms with Gasteiger partial charge in [-0.15, -0.1) is 0 Å². The average molecular weight is 267 g/mol. The highest BCUT2D eigenvalue weighted by Crippen LogP contribution is 2.21. The van der Waals surface area contributed by atoms with Crippen LogP contribution in [0.2, 0.25) is 0 Å². The first-order valence-electron chi connectivity index (χ1n) is 6.79. The maximum atomic E-state index is 11.0. The molecular formula is C14H21NO4. The third-order valence-electron chi connectivity index (χ3n) is 3.73. The number of furan rings is 1. The summed E-state index contributed by atoms with van der Waals surface area (Å²) >= 11 is 0. The fraction of sp³-hybridized carbons (Fsp3) is 0.643. The molecule has 1 aliphatic heterocycles. The van der Waals surface area contributed by atoms with Gasteiger partial charge in [0.05, 0.1) is 13.2 Å². The van der Waals surface area contributed by atoms with E-state index in [4.69, 9.17) is 9.52 Å². The number of rotatable bonds is 4. The zero-order valence-corrected chi connectivity index (χ0v) is 11.3. The Morgan fingerprint density at radius 3 is 2.89 bits per heavy atom. The van der Waals surface area contributed by atoms with Gasteiger partial charge in [-0.3, -0.25) is 4.90 Å². The van der Waals surface area contributed by atoms with Crippen LogP contribution in [0.4, 0.5) is 0 Å². The van der Waals surface area contributed by atoms with E-state index in [1.165, 1.54) is 6.42 Å². The highest BCUT2D eigenvalue weighted by atomic mass is 16.4. The number of aliphatic hydroxyl groups excluding tert-OH is 1. The van der Waals surface area contributed by atoms with E-state index in [-0.39, 0.29) is 18.4 Å². The number of hydrogen-bond donors (Lipinski definition) is 2. The van der Waals surface area contributed by atoms with Crippen LogP contribution in [0.15, 0.2) is 10.5 Å². The highest BCUT2D eigenvalue weighted by Gasteiger charge is 2.22. The van der Waals surface area contributed by atoms with Gasteiger partial charge in [-0.2, -0.15) is 0 Å². The summed E-state index contributed by atoms with van der Waals surface area (Å²) in [4.78, 5) is 13.1. The molecule has 1 unspecified atom stereocenters. The molecule has 0 aromatic carbocycles. The van der Waals surface area contributed by atoms with Crippen molar-refractivity contribution in [2.45, 2.75) is 45.2 Å². The fourth-order valence-electron chi connectivity index (χ4n) is 2.69. The second-order valence-electron chi connectivity index (χ2n) is 5.19. The smallest absolute Gasteiger partial charge is 0.372 e. The van der Waals surface area contributed by atoms with Crippen molar-refractivity contribution in [2.75, 3.05) is 13.2 Å². The monoisotopic (exact) mass is 267 g/mol. The molecular weight excluding hydrogens is 246 g/mol. The summed E-state index contributed by atoms with van der Waals surface area (Å²) in [7, 11) is 0. The summed E-state index contributed by atoms with van der Waals surface area (Å²) in [6, 6.07) is 1.93. The van der Waals surface area contributed by atoms with Gasteiger partial charge in [-0.1, -0.05) is 12.8 Å². The standard InChI is InChI=1S/C14H21NO4/c1-10-7-12(19-13(10)14(17)18)8-15-6-4-2-3-5-11(15)9-16/h7,11,16H,2-6,8-9H2,1H3,(H,17,18). The Hall–Kier alpha value is -1.33. The van der Waals surface area contributed by atoms with Crippen molar-refractivity contribution in [1.82, 2.24) is 4.90 Å². The molecule has 1 fully saturated rings. The molecule has 2 N–H and O–H groups in total. The first-order valence-corrected chi connectivity index (χ1v) is 6.79. The molecule has 0 bridgehead atoms. The minimum absolute atomic E-state index is 0.0189. The van der Waals surface area contributed by atoms with Gasteiger partial charge in [0, 0.05) is 11.6 Å². The maximum absolute atomic E-state index is 11.0. The Labute approximate surface area is 112 Å². The van der Waals surface area contributed by atoms with Crippen LogP contribution in [0.25, 0.3) is 0 Å². The molecule has 19 heavy (non-hydrogen) atoms. The Bertz CT molecular complexity index is 441. The van der Waals surface area contributed by atoms with Crippen molar-refractivity contribution < 1.29 is 19.4 Å². The van der Waals surface area contributed by atoms with Crippen molar-refractivity contribution >= 4 is 5.97 Å². The molecule has 1 atom stereocenters. The Morgan fingerprint density at radius 1 is 1.47 bits per heavy atom. The number of nitrogens with zero attached hydrogens (tertiary/aromatic N) is 1. The number of likely N-dealkylation sites (tertiary alicyclic amines) is 1. The molecule has 5 nitrogen and oxygen atoms in total. The van der Waals surface area contributed by atoms with Gasteiger partial charge in [0.15, 0.2) is 0 Å². The zero-order valence-electron chi connectivity index (χ0n) is 11.3. The predicted octanol–water partition coefficient (Wildman–Crippen LogP) is 2.02. The lowest BCUT2D eigenvalue weighted by atomic mass is 10.1. The number of carboxylic acid groups (broad SMARTS) is 1. The lowest BCUT2D eigenvalue weighted by Crippen LogP contribution is -2.36. The van der Waals surface area contributed by atoms with Crippen LogP contribution in [0, 0.1) is 6.92 Å².